The first-order valence-electron chi connectivity index (χ1n) is 22.8. The number of amides is 5. The van der Waals surface area contributed by atoms with Crippen LogP contribution in [0.5, 0.6) is 0 Å². The molecule has 386 valence electrons. The Bertz CT molecular complexity index is 1650. The molecule has 1 unspecified atom stereocenters. The fourth-order valence-electron chi connectivity index (χ4n) is 5.84. The molecule has 1 heterocycles. The molecule has 1 aromatic heterocycles. The second-order valence-electron chi connectivity index (χ2n) is 18.1. The second-order valence-corrected chi connectivity index (χ2v) is 18.1. The molecule has 1 aromatic rings. The van der Waals surface area contributed by atoms with E-state index >= 15 is 0 Å². The number of methoxy groups -OCH3 is 2. The number of carbonyl (C=O) groups is 5. The lowest BCUT2D eigenvalue weighted by molar-refractivity contribution is -0.123. The van der Waals surface area contributed by atoms with Crippen molar-refractivity contribution in [2.75, 3.05) is 111 Å². The number of rotatable bonds is 36. The summed E-state index contributed by atoms with van der Waals surface area (Å²) in [6.07, 6.45) is 2.34. The van der Waals surface area contributed by atoms with Crippen LogP contribution < -0.4 is 43.8 Å². The molecule has 1 atom stereocenters. The molecule has 0 saturated carbocycles. The van der Waals surface area contributed by atoms with Crippen molar-refractivity contribution in [3.63, 3.8) is 0 Å². The third-order valence-corrected chi connectivity index (χ3v) is 10.1. The lowest BCUT2D eigenvalue weighted by Gasteiger charge is -2.29. The predicted octanol–water partition coefficient (Wildman–Crippen LogP) is 2.20. The number of alkyl carbamates (subject to hydrolysis) is 2. The van der Waals surface area contributed by atoms with Crippen molar-refractivity contribution in [2.24, 2.45) is 5.73 Å². The Balaban J connectivity index is 2.69. The maximum atomic E-state index is 13.3. The molecule has 5 amide bonds. The number of carbonyl (C=O) groups excluding carboxylic acids is 5. The van der Waals surface area contributed by atoms with Crippen molar-refractivity contribution in [1.29, 1.82) is 0 Å². The molecule has 0 aliphatic heterocycles. The Labute approximate surface area is 396 Å². The van der Waals surface area contributed by atoms with Gasteiger partial charge in [0.05, 0.1) is 48.8 Å². The molecular weight excluding hydrogens is 877 g/mol. The van der Waals surface area contributed by atoms with Crippen molar-refractivity contribution >= 4 is 41.5 Å². The molecule has 1 rings (SSSR count). The number of nitrogens with one attached hydrogen (secondary N) is 5. The van der Waals surface area contributed by atoms with Gasteiger partial charge in [-0.25, -0.2) is 19.6 Å². The highest BCUT2D eigenvalue weighted by Crippen LogP contribution is 2.21. The number of aromatic nitrogens is 2. The van der Waals surface area contributed by atoms with Gasteiger partial charge in [-0.1, -0.05) is 0 Å². The van der Waals surface area contributed by atoms with E-state index in [9.17, 15) is 24.0 Å². The van der Waals surface area contributed by atoms with Crippen LogP contribution in [0.25, 0.3) is 0 Å². The Hall–Kier alpha value is -4.65. The van der Waals surface area contributed by atoms with Crippen molar-refractivity contribution in [3.8, 4) is 0 Å². The van der Waals surface area contributed by atoms with E-state index in [1.807, 2.05) is 55.4 Å². The summed E-state index contributed by atoms with van der Waals surface area (Å²) in [7, 11) is 3.30. The summed E-state index contributed by atoms with van der Waals surface area (Å²) in [6, 6.07) is -1.03. The lowest BCUT2D eigenvalue weighted by Crippen LogP contribution is -2.48. The van der Waals surface area contributed by atoms with E-state index in [0.717, 1.165) is 12.8 Å². The highest BCUT2D eigenvalue weighted by Gasteiger charge is 2.26. The van der Waals surface area contributed by atoms with Crippen molar-refractivity contribution < 1.29 is 61.9 Å². The first-order valence-corrected chi connectivity index (χ1v) is 22.8. The molecular formula is C44H82N10O13. The number of nitrogens with two attached hydrogens (primary N) is 3. The summed E-state index contributed by atoms with van der Waals surface area (Å²) in [5, 5.41) is 13.0. The number of unbranched alkanes of at least 4 members (excludes halogenated alkanes) is 1. The van der Waals surface area contributed by atoms with E-state index in [0.29, 0.717) is 52.1 Å². The van der Waals surface area contributed by atoms with Crippen LogP contribution in [0, 0.1) is 0 Å². The Morgan fingerprint density at radius 3 is 1.40 bits per heavy atom. The number of anilines is 2. The van der Waals surface area contributed by atoms with Gasteiger partial charge in [0.25, 0.3) is 11.8 Å². The summed E-state index contributed by atoms with van der Waals surface area (Å²) in [6.45, 7) is 18.6. The summed E-state index contributed by atoms with van der Waals surface area (Å²) in [4.78, 5) is 71.5. The van der Waals surface area contributed by atoms with E-state index in [1.54, 1.807) is 14.2 Å². The average molecular weight is 959 g/mol. The smallest absolute Gasteiger partial charge is 0.407 e. The number of nitrogens with zero attached hydrogens (tertiary/aromatic N) is 2. The maximum absolute atomic E-state index is 13.3. The van der Waals surface area contributed by atoms with Crippen molar-refractivity contribution in [1.82, 2.24) is 36.6 Å². The van der Waals surface area contributed by atoms with Crippen LogP contribution in [0.1, 0.15) is 121 Å². The van der Waals surface area contributed by atoms with Gasteiger partial charge in [0.1, 0.15) is 19.3 Å². The minimum Gasteiger partial charge on any atom is -0.447 e. The van der Waals surface area contributed by atoms with Gasteiger partial charge in [0.2, 0.25) is 5.91 Å². The molecule has 11 N–H and O–H groups in total. The molecule has 0 saturated heterocycles. The second kappa shape index (κ2) is 31.4. The highest BCUT2D eigenvalue weighted by molar-refractivity contribution is 6.00. The number of nitrogen functional groups attached to an aromatic ring is 2. The number of ether oxygens (including phenoxy) is 8. The van der Waals surface area contributed by atoms with Crippen molar-refractivity contribution in [3.05, 3.63) is 11.4 Å². The summed E-state index contributed by atoms with van der Waals surface area (Å²) in [5.41, 5.74) is 14.9. The SMILES string of the molecule is COCCC(C)(C)OCCC(C)(C)OCCOC(=O)NCCCCC(NC(=O)OCCOC(C)(C)CCOC(C)(C)CCOC)C(=O)NCCNC(=O)c1nc(N)c(C(=O)NCCN)nc1N. The standard InChI is InChI=1S/C44H82N10O13/c1-41(2,14-23-60-9)64-25-16-43(5,6)66-29-27-62-39(58)51-19-12-11-13-31(52-40(59)63-28-30-67-44(7,8)17-26-65-42(3,4)15-24-61-10)36(55)49-21-22-50-38(57)33-35(47)53-32(34(46)54-33)37(56)48-20-18-45/h31H,11-30,45H2,1-10H3,(H2,46,54)(H2,47,53)(H,48,56)(H,49,55)(H,50,57)(H,51,58)(H,52,59). The first kappa shape index (κ1) is 60.4. The van der Waals surface area contributed by atoms with E-state index in [4.69, 9.17) is 55.1 Å². The van der Waals surface area contributed by atoms with Gasteiger partial charge in [0.15, 0.2) is 23.0 Å². The minimum atomic E-state index is -1.03. The first-order chi connectivity index (χ1) is 31.5. The van der Waals surface area contributed by atoms with E-state index in [-0.39, 0.29) is 99.8 Å². The van der Waals surface area contributed by atoms with E-state index in [1.165, 1.54) is 0 Å². The summed E-state index contributed by atoms with van der Waals surface area (Å²) >= 11 is 0. The molecule has 0 bridgehead atoms. The number of hydrogen-bond acceptors (Lipinski definition) is 18. The summed E-state index contributed by atoms with van der Waals surface area (Å²) < 4.78 is 44.8. The van der Waals surface area contributed by atoms with Crippen LogP contribution in [-0.2, 0) is 42.7 Å². The minimum absolute atomic E-state index is 0.0459. The number of hydrogen-bond donors (Lipinski definition) is 8. The molecule has 0 fully saturated rings. The molecule has 67 heavy (non-hydrogen) atoms. The van der Waals surface area contributed by atoms with Gasteiger partial charge in [-0.05, 0) is 100 Å². The molecule has 0 aromatic carbocycles. The van der Waals surface area contributed by atoms with Crippen LogP contribution in [0.15, 0.2) is 0 Å². The Kier molecular flexibility index (Phi) is 28.3. The third kappa shape index (κ3) is 27.7. The van der Waals surface area contributed by atoms with Crippen LogP contribution in [0.2, 0.25) is 0 Å². The molecule has 23 heteroatoms. The monoisotopic (exact) mass is 959 g/mol. The summed E-state index contributed by atoms with van der Waals surface area (Å²) in [5.74, 6) is -2.59. The Morgan fingerprint density at radius 1 is 0.522 bits per heavy atom. The van der Waals surface area contributed by atoms with Crippen LogP contribution in [0.4, 0.5) is 21.2 Å². The normalized spacial score (nSPS) is 12.5. The molecule has 0 spiro atoms. The van der Waals surface area contributed by atoms with Crippen LogP contribution in [-0.4, -0.2) is 168 Å². The van der Waals surface area contributed by atoms with Gasteiger partial charge in [-0.3, -0.25) is 14.4 Å². The van der Waals surface area contributed by atoms with Gasteiger partial charge in [0, 0.05) is 60.2 Å². The zero-order valence-electron chi connectivity index (χ0n) is 41.7. The van der Waals surface area contributed by atoms with Gasteiger partial charge >= 0.3 is 12.2 Å². The predicted molar refractivity (Wildman–Crippen MR) is 251 cm³/mol. The highest BCUT2D eigenvalue weighted by atomic mass is 16.6. The lowest BCUT2D eigenvalue weighted by atomic mass is 10.0. The van der Waals surface area contributed by atoms with Gasteiger partial charge < -0.3 is 81.7 Å². The zero-order valence-corrected chi connectivity index (χ0v) is 41.7. The quantitative estimate of drug-likeness (QED) is 0.0447. The molecule has 0 radical (unpaired) electrons. The van der Waals surface area contributed by atoms with Gasteiger partial charge in [-0.2, -0.15) is 0 Å². The largest absolute Gasteiger partial charge is 0.447 e. The molecule has 23 nitrogen and oxygen atoms in total. The van der Waals surface area contributed by atoms with E-state index < -0.39 is 47.2 Å². The maximum Gasteiger partial charge on any atom is 0.407 e. The topological polar surface area (TPSA) is 323 Å². The van der Waals surface area contributed by atoms with Gasteiger partial charge in [-0.15, -0.1) is 0 Å². The van der Waals surface area contributed by atoms with Crippen LogP contribution >= 0.6 is 0 Å². The molecule has 0 aliphatic rings. The zero-order chi connectivity index (χ0) is 50.5. The van der Waals surface area contributed by atoms with Crippen molar-refractivity contribution in [2.45, 2.75) is 129 Å². The third-order valence-electron chi connectivity index (χ3n) is 10.1. The van der Waals surface area contributed by atoms with Crippen LogP contribution in [0.3, 0.4) is 0 Å². The van der Waals surface area contributed by atoms with E-state index in [2.05, 4.69) is 36.6 Å². The average Bonchev–Trinajstić information content (AvgIpc) is 3.25. The molecule has 0 aliphatic carbocycles. The Morgan fingerprint density at radius 2 is 0.940 bits per heavy atom. The fourth-order valence-corrected chi connectivity index (χ4v) is 5.84. The fraction of sp³-hybridized carbons (Fsp3) is 0.795.